The van der Waals surface area contributed by atoms with E-state index in [2.05, 4.69) is 35.9 Å². The third-order valence-corrected chi connectivity index (χ3v) is 7.51. The first-order valence-electron chi connectivity index (χ1n) is 14.0. The van der Waals surface area contributed by atoms with E-state index in [1.165, 1.54) is 24.3 Å². The summed E-state index contributed by atoms with van der Waals surface area (Å²) in [5.74, 6) is -2.66. The molecule has 0 aliphatic carbocycles. The standard InChI is InChI=1S/C28H40N10O5S/c1-44-10-8-22(36-24(39)19(29)11-16-13-34-20-6-3-2-5-18(16)20)26(41)37-21(7-4-9-33-28(30)31)25(40)38-23(27(42)43)12-17-14-32-15-35-17/h2-3,5-6,13-15,19,21-23,34H,4,7-12,29H2,1H3,(H,32,35)(H,36,39)(H,37,41)(H,38,40)(H,42,43)(H4,30,31,33). The Hall–Kier alpha value is -4.57. The van der Waals surface area contributed by atoms with Crippen molar-refractivity contribution in [2.24, 2.45) is 22.2 Å². The molecule has 16 heteroatoms. The van der Waals surface area contributed by atoms with Crippen LogP contribution in [0.4, 0.5) is 0 Å². The topological polar surface area (TPSA) is 259 Å². The number of amides is 3. The van der Waals surface area contributed by atoms with Gasteiger partial charge in [-0.25, -0.2) is 9.78 Å². The summed E-state index contributed by atoms with van der Waals surface area (Å²) in [6.07, 6.45) is 7.42. The van der Waals surface area contributed by atoms with Gasteiger partial charge in [0.15, 0.2) is 5.96 Å². The first-order chi connectivity index (χ1) is 21.1. The molecule has 44 heavy (non-hydrogen) atoms. The van der Waals surface area contributed by atoms with E-state index in [-0.39, 0.29) is 38.2 Å². The van der Waals surface area contributed by atoms with Crippen molar-refractivity contribution in [3.63, 3.8) is 0 Å². The van der Waals surface area contributed by atoms with Gasteiger partial charge in [-0.15, -0.1) is 0 Å². The maximum Gasteiger partial charge on any atom is 0.326 e. The van der Waals surface area contributed by atoms with Crippen LogP contribution in [0.3, 0.4) is 0 Å². The van der Waals surface area contributed by atoms with Crippen molar-refractivity contribution < 1.29 is 24.3 Å². The number of guanidine groups is 1. The SMILES string of the molecule is CSCCC(NC(=O)C(N)Cc1c[nH]c2ccccc12)C(=O)NC(CCCN=C(N)N)C(=O)NC(Cc1cnc[nH]1)C(=O)O. The van der Waals surface area contributed by atoms with Crippen molar-refractivity contribution >= 4 is 52.3 Å². The predicted molar refractivity (Wildman–Crippen MR) is 169 cm³/mol. The van der Waals surface area contributed by atoms with Gasteiger partial charge in [0.05, 0.1) is 12.4 Å². The lowest BCUT2D eigenvalue weighted by Gasteiger charge is -2.25. The molecule has 15 nitrogen and oxygen atoms in total. The van der Waals surface area contributed by atoms with Crippen LogP contribution in [-0.2, 0) is 32.0 Å². The number of nitrogens with one attached hydrogen (secondary N) is 5. The number of thioether (sulfide) groups is 1. The van der Waals surface area contributed by atoms with Crippen molar-refractivity contribution in [1.29, 1.82) is 0 Å². The van der Waals surface area contributed by atoms with Crippen LogP contribution in [0.15, 0.2) is 48.0 Å². The highest BCUT2D eigenvalue weighted by molar-refractivity contribution is 7.98. The zero-order valence-corrected chi connectivity index (χ0v) is 25.2. The fourth-order valence-corrected chi connectivity index (χ4v) is 5.02. The van der Waals surface area contributed by atoms with Crippen molar-refractivity contribution in [3.05, 3.63) is 54.2 Å². The number of carbonyl (C=O) groups excluding carboxylic acids is 3. The Morgan fingerprint density at radius 3 is 2.32 bits per heavy atom. The minimum Gasteiger partial charge on any atom is -0.480 e. The molecule has 0 spiro atoms. The average molecular weight is 629 g/mol. The van der Waals surface area contributed by atoms with Crippen molar-refractivity contribution in [2.75, 3.05) is 18.6 Å². The van der Waals surface area contributed by atoms with E-state index >= 15 is 0 Å². The van der Waals surface area contributed by atoms with Gasteiger partial charge in [0.2, 0.25) is 17.7 Å². The maximum atomic E-state index is 13.5. The lowest BCUT2D eigenvalue weighted by molar-refractivity contribution is -0.142. The zero-order chi connectivity index (χ0) is 32.1. The molecule has 4 unspecified atom stereocenters. The number of para-hydroxylation sites is 1. The van der Waals surface area contributed by atoms with Gasteiger partial charge >= 0.3 is 5.97 Å². The number of hydrogen-bond acceptors (Lipinski definition) is 8. The van der Waals surface area contributed by atoms with Crippen molar-refractivity contribution in [2.45, 2.75) is 56.3 Å². The number of H-pyrrole nitrogens is 2. The summed E-state index contributed by atoms with van der Waals surface area (Å²) in [7, 11) is 0. The normalized spacial score (nSPS) is 13.8. The fourth-order valence-electron chi connectivity index (χ4n) is 4.55. The van der Waals surface area contributed by atoms with Crippen molar-refractivity contribution in [1.82, 2.24) is 30.9 Å². The molecular formula is C28H40N10O5S. The first-order valence-corrected chi connectivity index (χ1v) is 15.4. The first kappa shape index (κ1) is 33.9. The summed E-state index contributed by atoms with van der Waals surface area (Å²) in [4.78, 5) is 65.5. The number of imidazole rings is 1. The largest absolute Gasteiger partial charge is 0.480 e. The van der Waals surface area contributed by atoms with E-state index in [4.69, 9.17) is 17.2 Å². The molecular weight excluding hydrogens is 588 g/mol. The zero-order valence-electron chi connectivity index (χ0n) is 24.4. The Morgan fingerprint density at radius 1 is 0.977 bits per heavy atom. The Bertz CT molecular complexity index is 1420. The van der Waals surface area contributed by atoms with Crippen LogP contribution in [0.2, 0.25) is 0 Å². The molecule has 0 aliphatic rings. The number of aliphatic carboxylic acids is 1. The average Bonchev–Trinajstić information content (AvgIpc) is 3.66. The molecule has 1 aromatic carbocycles. The number of rotatable bonds is 18. The highest BCUT2D eigenvalue weighted by atomic mass is 32.2. The molecule has 0 fully saturated rings. The van der Waals surface area contributed by atoms with E-state index in [1.54, 1.807) is 6.20 Å². The van der Waals surface area contributed by atoms with Gasteiger partial charge in [0.1, 0.15) is 18.1 Å². The third-order valence-electron chi connectivity index (χ3n) is 6.87. The number of carboxylic acid groups (broad SMARTS) is 1. The molecule has 0 saturated carbocycles. The molecule has 4 atom stereocenters. The number of aromatic amines is 2. The number of nitrogens with zero attached hydrogens (tertiary/aromatic N) is 2. The fraction of sp³-hybridized carbons (Fsp3) is 0.429. The highest BCUT2D eigenvalue weighted by Crippen LogP contribution is 2.19. The maximum absolute atomic E-state index is 13.5. The highest BCUT2D eigenvalue weighted by Gasteiger charge is 2.30. The molecule has 238 valence electrons. The molecule has 12 N–H and O–H groups in total. The van der Waals surface area contributed by atoms with Crippen LogP contribution in [0.5, 0.6) is 0 Å². The van der Waals surface area contributed by atoms with Crippen molar-refractivity contribution in [3.8, 4) is 0 Å². The molecule has 3 amide bonds. The minimum absolute atomic E-state index is 0.0452. The smallest absolute Gasteiger partial charge is 0.326 e. The minimum atomic E-state index is -1.28. The Morgan fingerprint density at radius 2 is 1.66 bits per heavy atom. The molecule has 3 rings (SSSR count). The van der Waals surface area contributed by atoms with Crippen LogP contribution in [-0.4, -0.2) is 92.4 Å². The number of nitrogens with two attached hydrogens (primary N) is 3. The van der Waals surface area contributed by atoms with Crippen LogP contribution in [0.1, 0.15) is 30.5 Å². The molecule has 2 aromatic heterocycles. The second kappa shape index (κ2) is 16.9. The summed E-state index contributed by atoms with van der Waals surface area (Å²) in [5, 5.41) is 18.6. The van der Waals surface area contributed by atoms with E-state index in [9.17, 15) is 24.3 Å². The number of carboxylic acids is 1. The summed E-state index contributed by atoms with van der Waals surface area (Å²) in [6, 6.07) is 3.32. The number of aromatic nitrogens is 3. The van der Waals surface area contributed by atoms with Gasteiger partial charge in [0, 0.05) is 42.0 Å². The van der Waals surface area contributed by atoms with Crippen LogP contribution >= 0.6 is 11.8 Å². The van der Waals surface area contributed by atoms with E-state index in [1.807, 2.05) is 30.5 Å². The summed E-state index contributed by atoms with van der Waals surface area (Å²) >= 11 is 1.49. The van der Waals surface area contributed by atoms with Gasteiger partial charge < -0.3 is 48.2 Å². The lowest BCUT2D eigenvalue weighted by Crippen LogP contribution is -2.57. The third kappa shape index (κ3) is 10.3. The van der Waals surface area contributed by atoms with Crippen LogP contribution in [0, 0.1) is 0 Å². The number of hydrogen-bond donors (Lipinski definition) is 9. The van der Waals surface area contributed by atoms with Gasteiger partial charge in [0.25, 0.3) is 0 Å². The van der Waals surface area contributed by atoms with E-state index in [0.29, 0.717) is 17.9 Å². The molecule has 0 saturated heterocycles. The Balaban J connectivity index is 1.70. The number of benzene rings is 1. The molecule has 0 radical (unpaired) electrons. The van der Waals surface area contributed by atoms with Crippen LogP contribution in [0.25, 0.3) is 10.9 Å². The predicted octanol–water partition coefficient (Wildman–Crippen LogP) is -0.651. The molecule has 2 heterocycles. The van der Waals surface area contributed by atoms with E-state index < -0.39 is 47.9 Å². The summed E-state index contributed by atoms with van der Waals surface area (Å²) in [5.41, 5.74) is 19.3. The van der Waals surface area contributed by atoms with E-state index in [0.717, 1.165) is 16.5 Å². The molecule has 0 bridgehead atoms. The Kier molecular flexibility index (Phi) is 13.0. The van der Waals surface area contributed by atoms with Gasteiger partial charge in [-0.3, -0.25) is 19.4 Å². The lowest BCUT2D eigenvalue weighted by atomic mass is 10.0. The van der Waals surface area contributed by atoms with Gasteiger partial charge in [-0.05, 0) is 49.3 Å². The second-order valence-corrected chi connectivity index (χ2v) is 11.2. The molecule has 3 aromatic rings. The Labute approximate surface area is 258 Å². The van der Waals surface area contributed by atoms with Gasteiger partial charge in [-0.2, -0.15) is 11.8 Å². The monoisotopic (exact) mass is 628 g/mol. The second-order valence-electron chi connectivity index (χ2n) is 10.2. The molecule has 0 aliphatic heterocycles. The van der Waals surface area contributed by atoms with Gasteiger partial charge in [-0.1, -0.05) is 18.2 Å². The summed E-state index contributed by atoms with van der Waals surface area (Å²) in [6.45, 7) is 0.188. The summed E-state index contributed by atoms with van der Waals surface area (Å²) < 4.78 is 0. The van der Waals surface area contributed by atoms with Crippen LogP contribution < -0.4 is 33.2 Å². The number of carbonyl (C=O) groups is 4. The number of fused-ring (bicyclic) bond motifs is 1. The quantitative estimate of drug-likeness (QED) is 0.0488. The number of aliphatic imine (C=N–C) groups is 1.